The average Bonchev–Trinajstić information content (AvgIpc) is 2.81. The number of hydrogen-bond acceptors (Lipinski definition) is 4. The summed E-state index contributed by atoms with van der Waals surface area (Å²) >= 11 is 0. The molecule has 5 heteroatoms. The van der Waals surface area contributed by atoms with Crippen molar-refractivity contribution in [1.29, 1.82) is 0 Å². The fraction of sp³-hybridized carbons (Fsp3) is 0.571. The zero-order chi connectivity index (χ0) is 13.8. The van der Waals surface area contributed by atoms with Crippen molar-refractivity contribution < 1.29 is 4.92 Å². The van der Waals surface area contributed by atoms with Gasteiger partial charge in [0.25, 0.3) is 5.69 Å². The van der Waals surface area contributed by atoms with Crippen LogP contribution in [0.5, 0.6) is 0 Å². The van der Waals surface area contributed by atoms with Gasteiger partial charge in [-0.15, -0.1) is 0 Å². The highest BCUT2D eigenvalue weighted by molar-refractivity contribution is 5.59. The van der Waals surface area contributed by atoms with Gasteiger partial charge in [-0.2, -0.15) is 0 Å². The van der Waals surface area contributed by atoms with Crippen molar-refractivity contribution in [2.75, 3.05) is 19.3 Å². The maximum atomic E-state index is 10.7. The molecular weight excluding hydrogens is 242 g/mol. The Kier molecular flexibility index (Phi) is 4.37. The van der Waals surface area contributed by atoms with Gasteiger partial charge in [-0.3, -0.25) is 10.1 Å². The lowest BCUT2D eigenvalue weighted by molar-refractivity contribution is -0.383. The highest BCUT2D eigenvalue weighted by Gasteiger charge is 2.17. The summed E-state index contributed by atoms with van der Waals surface area (Å²) in [5, 5.41) is 10.7. The zero-order valence-corrected chi connectivity index (χ0v) is 11.3. The first-order chi connectivity index (χ1) is 9.06. The maximum absolute atomic E-state index is 10.7. The molecule has 2 N–H and O–H groups in total. The molecule has 1 aliphatic rings. The minimum absolute atomic E-state index is 0.0119. The van der Waals surface area contributed by atoms with Gasteiger partial charge >= 0.3 is 0 Å². The second-order valence-corrected chi connectivity index (χ2v) is 5.50. The Balaban J connectivity index is 1.94. The van der Waals surface area contributed by atoms with Gasteiger partial charge in [0.15, 0.2) is 0 Å². The number of nitrogens with two attached hydrogens (primary N) is 1. The van der Waals surface area contributed by atoms with Gasteiger partial charge < -0.3 is 10.6 Å². The molecule has 0 saturated heterocycles. The number of nitrogen functional groups attached to an aromatic ring is 1. The van der Waals surface area contributed by atoms with Crippen molar-refractivity contribution in [3.63, 3.8) is 0 Å². The van der Waals surface area contributed by atoms with E-state index in [1.54, 1.807) is 12.1 Å². The fourth-order valence-corrected chi connectivity index (χ4v) is 2.88. The molecule has 1 fully saturated rings. The Hall–Kier alpha value is -1.62. The Morgan fingerprint density at radius 2 is 2.11 bits per heavy atom. The normalized spacial score (nSPS) is 16.1. The molecule has 0 heterocycles. The maximum Gasteiger partial charge on any atom is 0.292 e. The van der Waals surface area contributed by atoms with Crippen LogP contribution in [-0.2, 0) is 6.54 Å². The van der Waals surface area contributed by atoms with Gasteiger partial charge in [-0.05, 0) is 37.4 Å². The molecule has 19 heavy (non-hydrogen) atoms. The fourth-order valence-electron chi connectivity index (χ4n) is 2.88. The molecule has 0 atom stereocenters. The molecule has 1 aliphatic carbocycles. The predicted molar refractivity (Wildman–Crippen MR) is 75.8 cm³/mol. The minimum Gasteiger partial charge on any atom is -0.393 e. The predicted octanol–water partition coefficient (Wildman–Crippen LogP) is 2.80. The molecule has 0 spiro atoms. The summed E-state index contributed by atoms with van der Waals surface area (Å²) in [6.07, 6.45) is 5.35. The highest BCUT2D eigenvalue weighted by Crippen LogP contribution is 2.26. The van der Waals surface area contributed by atoms with Gasteiger partial charge in [-0.1, -0.05) is 18.9 Å². The summed E-state index contributed by atoms with van der Waals surface area (Å²) in [4.78, 5) is 12.5. The molecule has 0 aliphatic heterocycles. The van der Waals surface area contributed by atoms with Crippen LogP contribution < -0.4 is 5.73 Å². The molecule has 104 valence electrons. The Morgan fingerprint density at radius 1 is 1.42 bits per heavy atom. The van der Waals surface area contributed by atoms with E-state index >= 15 is 0 Å². The van der Waals surface area contributed by atoms with Crippen molar-refractivity contribution in [3.8, 4) is 0 Å². The van der Waals surface area contributed by atoms with Crippen LogP contribution >= 0.6 is 0 Å². The summed E-state index contributed by atoms with van der Waals surface area (Å²) in [5.41, 5.74) is 6.97. The van der Waals surface area contributed by atoms with Crippen LogP contribution in [-0.4, -0.2) is 23.4 Å². The number of rotatable bonds is 5. The molecule has 0 bridgehead atoms. The van der Waals surface area contributed by atoms with E-state index in [2.05, 4.69) is 11.9 Å². The Labute approximate surface area is 113 Å². The number of benzene rings is 1. The quantitative estimate of drug-likeness (QED) is 0.503. The molecule has 2 rings (SSSR count). The minimum atomic E-state index is -0.443. The number of hydrogen-bond donors (Lipinski definition) is 1. The molecule has 1 aromatic rings. The molecule has 0 unspecified atom stereocenters. The van der Waals surface area contributed by atoms with E-state index < -0.39 is 4.92 Å². The number of nitro benzene ring substituents is 1. The number of anilines is 1. The lowest BCUT2D eigenvalue weighted by Gasteiger charge is -2.20. The van der Waals surface area contributed by atoms with Gasteiger partial charge in [0.05, 0.1) is 4.92 Å². The lowest BCUT2D eigenvalue weighted by Crippen LogP contribution is -2.24. The number of nitro groups is 1. The summed E-state index contributed by atoms with van der Waals surface area (Å²) in [7, 11) is 2.09. The van der Waals surface area contributed by atoms with Crippen LogP contribution in [0, 0.1) is 16.0 Å². The van der Waals surface area contributed by atoms with E-state index in [9.17, 15) is 10.1 Å². The smallest absolute Gasteiger partial charge is 0.292 e. The Morgan fingerprint density at radius 3 is 2.68 bits per heavy atom. The van der Waals surface area contributed by atoms with Crippen LogP contribution in [0.15, 0.2) is 18.2 Å². The van der Waals surface area contributed by atoms with Crippen molar-refractivity contribution in [2.45, 2.75) is 32.2 Å². The van der Waals surface area contributed by atoms with Crippen LogP contribution in [0.3, 0.4) is 0 Å². The SMILES string of the molecule is CN(Cc1ccc([N+](=O)[O-])c(N)c1)CC1CCCC1. The average molecular weight is 263 g/mol. The van der Waals surface area contributed by atoms with Crippen LogP contribution in [0.25, 0.3) is 0 Å². The summed E-state index contributed by atoms with van der Waals surface area (Å²) < 4.78 is 0. The molecule has 0 amide bonds. The van der Waals surface area contributed by atoms with Crippen LogP contribution in [0.4, 0.5) is 11.4 Å². The first-order valence-electron chi connectivity index (χ1n) is 6.77. The van der Waals surface area contributed by atoms with E-state index in [4.69, 9.17) is 5.73 Å². The third kappa shape index (κ3) is 3.67. The third-order valence-electron chi connectivity index (χ3n) is 3.79. The molecular formula is C14H21N3O2. The third-order valence-corrected chi connectivity index (χ3v) is 3.79. The molecule has 5 nitrogen and oxygen atoms in total. The summed E-state index contributed by atoms with van der Waals surface area (Å²) in [6, 6.07) is 5.00. The van der Waals surface area contributed by atoms with Gasteiger partial charge in [0, 0.05) is 19.2 Å². The van der Waals surface area contributed by atoms with Crippen molar-refractivity contribution in [1.82, 2.24) is 4.90 Å². The van der Waals surface area contributed by atoms with E-state index in [0.717, 1.165) is 24.6 Å². The molecule has 0 aromatic heterocycles. The van der Waals surface area contributed by atoms with Gasteiger partial charge in [-0.25, -0.2) is 0 Å². The number of nitrogens with zero attached hydrogens (tertiary/aromatic N) is 2. The zero-order valence-electron chi connectivity index (χ0n) is 11.3. The van der Waals surface area contributed by atoms with Crippen LogP contribution in [0.2, 0.25) is 0 Å². The largest absolute Gasteiger partial charge is 0.393 e. The molecule has 1 saturated carbocycles. The van der Waals surface area contributed by atoms with Crippen molar-refractivity contribution >= 4 is 11.4 Å². The standard InChI is InChI=1S/C14H21N3O2/c1-16(9-11-4-2-3-5-11)10-12-6-7-14(17(18)19)13(15)8-12/h6-8,11H,2-5,9-10,15H2,1H3. The van der Waals surface area contributed by atoms with Gasteiger partial charge in [0.2, 0.25) is 0 Å². The van der Waals surface area contributed by atoms with E-state index in [-0.39, 0.29) is 11.4 Å². The highest BCUT2D eigenvalue weighted by atomic mass is 16.6. The molecule has 1 aromatic carbocycles. The Bertz CT molecular complexity index is 456. The van der Waals surface area contributed by atoms with E-state index in [1.165, 1.54) is 31.7 Å². The summed E-state index contributed by atoms with van der Waals surface area (Å²) in [5.74, 6) is 0.806. The topological polar surface area (TPSA) is 72.4 Å². The van der Waals surface area contributed by atoms with Crippen molar-refractivity contribution in [3.05, 3.63) is 33.9 Å². The lowest BCUT2D eigenvalue weighted by atomic mass is 10.1. The monoisotopic (exact) mass is 263 g/mol. The first kappa shape index (κ1) is 13.8. The van der Waals surface area contributed by atoms with Crippen LogP contribution in [0.1, 0.15) is 31.2 Å². The van der Waals surface area contributed by atoms with E-state index in [1.807, 2.05) is 0 Å². The van der Waals surface area contributed by atoms with Gasteiger partial charge in [0.1, 0.15) is 5.69 Å². The second-order valence-electron chi connectivity index (χ2n) is 5.50. The second kappa shape index (κ2) is 6.02. The molecule has 0 radical (unpaired) electrons. The summed E-state index contributed by atoms with van der Waals surface area (Å²) in [6.45, 7) is 1.88. The van der Waals surface area contributed by atoms with Crippen molar-refractivity contribution in [2.24, 2.45) is 5.92 Å². The first-order valence-corrected chi connectivity index (χ1v) is 6.77. The van der Waals surface area contributed by atoms with E-state index in [0.29, 0.717) is 0 Å².